The van der Waals surface area contributed by atoms with Crippen LogP contribution in [0.5, 0.6) is 0 Å². The van der Waals surface area contributed by atoms with Gasteiger partial charge in [-0.05, 0) is 55.9 Å². The Kier molecular flexibility index (Phi) is 6.37. The summed E-state index contributed by atoms with van der Waals surface area (Å²) in [6, 6.07) is 5.61. The van der Waals surface area contributed by atoms with Gasteiger partial charge in [0.2, 0.25) is 5.91 Å². The van der Waals surface area contributed by atoms with Crippen molar-refractivity contribution in [1.82, 2.24) is 4.90 Å². The fourth-order valence-corrected chi connectivity index (χ4v) is 3.19. The van der Waals surface area contributed by atoms with Gasteiger partial charge in [0.1, 0.15) is 0 Å². The van der Waals surface area contributed by atoms with Crippen LogP contribution < -0.4 is 11.1 Å². The number of anilines is 1. The van der Waals surface area contributed by atoms with Crippen LogP contribution in [-0.2, 0) is 4.79 Å². The Balaban J connectivity index is 2.10. The predicted molar refractivity (Wildman–Crippen MR) is 97.0 cm³/mol. The van der Waals surface area contributed by atoms with Crippen molar-refractivity contribution in [2.75, 3.05) is 18.4 Å². The summed E-state index contributed by atoms with van der Waals surface area (Å²) in [6.45, 7) is 7.22. The highest BCUT2D eigenvalue weighted by Crippen LogP contribution is 2.22. The van der Waals surface area contributed by atoms with Crippen molar-refractivity contribution in [3.8, 4) is 0 Å². The monoisotopic (exact) mass is 331 g/mol. The zero-order chi connectivity index (χ0) is 17.7. The van der Waals surface area contributed by atoms with Gasteiger partial charge in [-0.3, -0.25) is 9.59 Å². The molecule has 1 aliphatic heterocycles. The van der Waals surface area contributed by atoms with E-state index in [0.29, 0.717) is 24.4 Å². The molecule has 1 fully saturated rings. The summed E-state index contributed by atoms with van der Waals surface area (Å²) >= 11 is 0. The van der Waals surface area contributed by atoms with Crippen LogP contribution in [-0.4, -0.2) is 35.8 Å². The molecule has 2 amide bonds. The van der Waals surface area contributed by atoms with Crippen LogP contribution in [0.25, 0.3) is 0 Å². The van der Waals surface area contributed by atoms with Gasteiger partial charge in [-0.15, -0.1) is 0 Å². The van der Waals surface area contributed by atoms with Crippen molar-refractivity contribution in [3.05, 3.63) is 29.3 Å². The molecular formula is C19H29N3O2. The maximum absolute atomic E-state index is 12.8. The summed E-state index contributed by atoms with van der Waals surface area (Å²) in [5, 5.41) is 2.92. The number of amides is 2. The first-order valence-electron chi connectivity index (χ1n) is 8.84. The van der Waals surface area contributed by atoms with E-state index in [1.165, 1.54) is 0 Å². The molecule has 0 spiro atoms. The number of nitrogens with zero attached hydrogens (tertiary/aromatic N) is 1. The van der Waals surface area contributed by atoms with E-state index in [2.05, 4.69) is 5.32 Å². The normalized spacial score (nSPS) is 17.9. The quantitative estimate of drug-likeness (QED) is 0.871. The summed E-state index contributed by atoms with van der Waals surface area (Å²) in [5.74, 6) is 0.359. The zero-order valence-corrected chi connectivity index (χ0v) is 15.0. The second-order valence-corrected chi connectivity index (χ2v) is 7.06. The smallest absolute Gasteiger partial charge is 0.254 e. The zero-order valence-electron chi connectivity index (χ0n) is 15.0. The third-order valence-electron chi connectivity index (χ3n) is 4.50. The van der Waals surface area contributed by atoms with Gasteiger partial charge in [-0.1, -0.05) is 13.8 Å². The SMILES string of the molecule is Cc1cc(C(=O)N2CCCCC2CN)ccc1NC(=O)CC(C)C. The minimum absolute atomic E-state index is 0.00593. The number of rotatable bonds is 5. The van der Waals surface area contributed by atoms with E-state index in [0.717, 1.165) is 37.1 Å². The molecule has 24 heavy (non-hydrogen) atoms. The largest absolute Gasteiger partial charge is 0.334 e. The first-order chi connectivity index (χ1) is 11.4. The molecular weight excluding hydrogens is 302 g/mol. The summed E-state index contributed by atoms with van der Waals surface area (Å²) in [7, 11) is 0. The molecule has 1 heterocycles. The van der Waals surface area contributed by atoms with Crippen molar-refractivity contribution in [3.63, 3.8) is 0 Å². The van der Waals surface area contributed by atoms with E-state index in [4.69, 9.17) is 5.73 Å². The molecule has 1 aromatic rings. The number of aryl methyl sites for hydroxylation is 1. The highest BCUT2D eigenvalue weighted by molar-refractivity contribution is 5.96. The fourth-order valence-electron chi connectivity index (χ4n) is 3.19. The number of carbonyl (C=O) groups excluding carboxylic acids is 2. The highest BCUT2D eigenvalue weighted by atomic mass is 16.2. The number of carbonyl (C=O) groups is 2. The van der Waals surface area contributed by atoms with Crippen molar-refractivity contribution < 1.29 is 9.59 Å². The van der Waals surface area contributed by atoms with Gasteiger partial charge in [-0.25, -0.2) is 0 Å². The maximum Gasteiger partial charge on any atom is 0.254 e. The Labute approximate surface area is 144 Å². The van der Waals surface area contributed by atoms with Crippen LogP contribution in [0.15, 0.2) is 18.2 Å². The molecule has 1 aliphatic rings. The third-order valence-corrected chi connectivity index (χ3v) is 4.50. The van der Waals surface area contributed by atoms with E-state index in [-0.39, 0.29) is 17.9 Å². The van der Waals surface area contributed by atoms with E-state index in [1.54, 1.807) is 6.07 Å². The van der Waals surface area contributed by atoms with E-state index >= 15 is 0 Å². The van der Waals surface area contributed by atoms with Gasteiger partial charge in [0.15, 0.2) is 0 Å². The second-order valence-electron chi connectivity index (χ2n) is 7.06. The number of likely N-dealkylation sites (tertiary alicyclic amines) is 1. The lowest BCUT2D eigenvalue weighted by Crippen LogP contribution is -2.47. The highest BCUT2D eigenvalue weighted by Gasteiger charge is 2.26. The molecule has 5 heteroatoms. The Bertz CT molecular complexity index is 598. The van der Waals surface area contributed by atoms with Crippen molar-refractivity contribution >= 4 is 17.5 Å². The van der Waals surface area contributed by atoms with Crippen LogP contribution in [0, 0.1) is 12.8 Å². The molecule has 1 aromatic carbocycles. The van der Waals surface area contributed by atoms with Crippen LogP contribution in [0.3, 0.4) is 0 Å². The molecule has 1 atom stereocenters. The number of nitrogens with two attached hydrogens (primary N) is 1. The van der Waals surface area contributed by atoms with Gasteiger partial charge in [0, 0.05) is 36.8 Å². The Morgan fingerprint density at radius 2 is 2.08 bits per heavy atom. The molecule has 5 nitrogen and oxygen atoms in total. The first kappa shape index (κ1) is 18.5. The van der Waals surface area contributed by atoms with E-state index in [9.17, 15) is 9.59 Å². The molecule has 3 N–H and O–H groups in total. The standard InChI is InChI=1S/C19H29N3O2/c1-13(2)10-18(23)21-17-8-7-15(11-14(17)3)19(24)22-9-5-4-6-16(22)12-20/h7-8,11,13,16H,4-6,9-10,12,20H2,1-3H3,(H,21,23). The van der Waals surface area contributed by atoms with Gasteiger partial charge in [0.25, 0.3) is 5.91 Å². The molecule has 0 radical (unpaired) electrons. The summed E-state index contributed by atoms with van der Waals surface area (Å²) in [5.41, 5.74) is 8.15. The Morgan fingerprint density at radius 3 is 2.71 bits per heavy atom. The lowest BCUT2D eigenvalue weighted by molar-refractivity contribution is -0.116. The number of hydrogen-bond donors (Lipinski definition) is 2. The number of hydrogen-bond acceptors (Lipinski definition) is 3. The van der Waals surface area contributed by atoms with Crippen molar-refractivity contribution in [1.29, 1.82) is 0 Å². The summed E-state index contributed by atoms with van der Waals surface area (Å²) < 4.78 is 0. The molecule has 0 aliphatic carbocycles. The number of benzene rings is 1. The average molecular weight is 331 g/mol. The lowest BCUT2D eigenvalue weighted by atomic mass is 10.00. The van der Waals surface area contributed by atoms with Crippen molar-refractivity contribution in [2.45, 2.75) is 52.5 Å². The number of nitrogens with one attached hydrogen (secondary N) is 1. The molecule has 1 saturated heterocycles. The molecule has 0 aromatic heterocycles. The average Bonchev–Trinajstić information content (AvgIpc) is 2.55. The Hall–Kier alpha value is -1.88. The van der Waals surface area contributed by atoms with E-state index < -0.39 is 0 Å². The van der Waals surface area contributed by atoms with E-state index in [1.807, 2.05) is 37.8 Å². The van der Waals surface area contributed by atoms with Gasteiger partial charge in [0.05, 0.1) is 0 Å². The molecule has 0 bridgehead atoms. The maximum atomic E-state index is 12.8. The Morgan fingerprint density at radius 1 is 1.33 bits per heavy atom. The fraction of sp³-hybridized carbons (Fsp3) is 0.579. The van der Waals surface area contributed by atoms with Gasteiger partial charge < -0.3 is 16.0 Å². The van der Waals surface area contributed by atoms with Gasteiger partial charge >= 0.3 is 0 Å². The van der Waals surface area contributed by atoms with Gasteiger partial charge in [-0.2, -0.15) is 0 Å². The second kappa shape index (κ2) is 8.29. The van der Waals surface area contributed by atoms with Crippen LogP contribution >= 0.6 is 0 Å². The predicted octanol–water partition coefficient (Wildman–Crippen LogP) is 2.93. The van der Waals surface area contributed by atoms with Crippen LogP contribution in [0.2, 0.25) is 0 Å². The molecule has 1 unspecified atom stereocenters. The van der Waals surface area contributed by atoms with Crippen molar-refractivity contribution in [2.24, 2.45) is 11.7 Å². The van der Waals surface area contributed by atoms with Crippen LogP contribution in [0.1, 0.15) is 55.5 Å². The number of piperidine rings is 1. The molecule has 0 saturated carbocycles. The molecule has 132 valence electrons. The minimum atomic E-state index is 0.00593. The third kappa shape index (κ3) is 4.57. The summed E-state index contributed by atoms with van der Waals surface area (Å²) in [4.78, 5) is 26.6. The minimum Gasteiger partial charge on any atom is -0.334 e. The summed E-state index contributed by atoms with van der Waals surface area (Å²) in [6.07, 6.45) is 3.63. The topological polar surface area (TPSA) is 75.4 Å². The van der Waals surface area contributed by atoms with Crippen LogP contribution in [0.4, 0.5) is 5.69 Å². The first-order valence-corrected chi connectivity index (χ1v) is 8.84. The lowest BCUT2D eigenvalue weighted by Gasteiger charge is -2.35. The molecule has 2 rings (SSSR count).